The predicted molar refractivity (Wildman–Crippen MR) is 131 cm³/mol. The number of benzene rings is 2. The van der Waals surface area contributed by atoms with E-state index in [0.29, 0.717) is 31.7 Å². The number of rotatable bonds is 7. The van der Waals surface area contributed by atoms with Crippen molar-refractivity contribution in [3.8, 4) is 5.75 Å². The van der Waals surface area contributed by atoms with E-state index >= 15 is 0 Å². The van der Waals surface area contributed by atoms with Crippen LogP contribution in [0.1, 0.15) is 60.5 Å². The van der Waals surface area contributed by atoms with E-state index in [9.17, 15) is 13.2 Å². The summed E-state index contributed by atoms with van der Waals surface area (Å²) in [6, 6.07) is 9.06. The lowest BCUT2D eigenvalue weighted by Gasteiger charge is -2.32. The zero-order valence-corrected chi connectivity index (χ0v) is 21.4. The van der Waals surface area contributed by atoms with Gasteiger partial charge in [0.2, 0.25) is 15.9 Å². The highest BCUT2D eigenvalue weighted by molar-refractivity contribution is 7.89. The quantitative estimate of drug-likeness (QED) is 0.639. The van der Waals surface area contributed by atoms with E-state index in [4.69, 9.17) is 4.74 Å². The molecule has 3 rings (SSSR count). The molecule has 1 aliphatic rings. The summed E-state index contributed by atoms with van der Waals surface area (Å²) in [5.41, 5.74) is 5.44. The standard InChI is InChI=1S/C26H36N2O4S/c1-7-32-25-11-10-23(14-20(25)5)33(30,31)28-12-8-9-22(16-28)26(29)27-21(6)24-15-18(3)17(2)13-19(24)4/h10-11,13-15,21-22H,7-9,12,16H2,1-6H3,(H,27,29)/t21-,22-/m0/s1. The van der Waals surface area contributed by atoms with Crippen molar-refractivity contribution in [1.29, 1.82) is 0 Å². The van der Waals surface area contributed by atoms with Gasteiger partial charge in [0.15, 0.2) is 0 Å². The van der Waals surface area contributed by atoms with Crippen LogP contribution in [0.4, 0.5) is 0 Å². The predicted octanol–water partition coefficient (Wildman–Crippen LogP) is 4.60. The van der Waals surface area contributed by atoms with Crippen LogP contribution in [0.15, 0.2) is 35.2 Å². The third kappa shape index (κ3) is 5.58. The first-order chi connectivity index (χ1) is 15.5. The van der Waals surface area contributed by atoms with Gasteiger partial charge in [0.1, 0.15) is 5.75 Å². The summed E-state index contributed by atoms with van der Waals surface area (Å²) in [6.45, 7) is 13.1. The van der Waals surface area contributed by atoms with Gasteiger partial charge in [-0.2, -0.15) is 4.31 Å². The molecule has 0 saturated carbocycles. The van der Waals surface area contributed by atoms with Gasteiger partial charge in [-0.25, -0.2) is 8.42 Å². The third-order valence-electron chi connectivity index (χ3n) is 6.55. The molecule has 0 aromatic heterocycles. The van der Waals surface area contributed by atoms with Crippen LogP contribution < -0.4 is 10.1 Å². The molecule has 2 aromatic rings. The van der Waals surface area contributed by atoms with Crippen molar-refractivity contribution in [2.24, 2.45) is 5.92 Å². The Morgan fingerprint density at radius 1 is 1.09 bits per heavy atom. The first-order valence-electron chi connectivity index (χ1n) is 11.7. The lowest BCUT2D eigenvalue weighted by Crippen LogP contribution is -2.45. The van der Waals surface area contributed by atoms with Crippen LogP contribution in [-0.2, 0) is 14.8 Å². The van der Waals surface area contributed by atoms with E-state index in [1.54, 1.807) is 18.2 Å². The smallest absolute Gasteiger partial charge is 0.243 e. The van der Waals surface area contributed by atoms with Crippen molar-refractivity contribution in [2.75, 3.05) is 19.7 Å². The molecule has 1 amide bonds. The summed E-state index contributed by atoms with van der Waals surface area (Å²) in [4.78, 5) is 13.3. The summed E-state index contributed by atoms with van der Waals surface area (Å²) in [7, 11) is -3.68. The SMILES string of the molecule is CCOc1ccc(S(=O)(=O)N2CCC[C@H](C(=O)N[C@@H](C)c3cc(C)c(C)cc3C)C2)cc1C. The Kier molecular flexibility index (Phi) is 7.85. The van der Waals surface area contributed by atoms with Crippen LogP contribution in [0.25, 0.3) is 0 Å². The van der Waals surface area contributed by atoms with Crippen LogP contribution in [0.3, 0.4) is 0 Å². The topological polar surface area (TPSA) is 75.7 Å². The second-order valence-electron chi connectivity index (χ2n) is 9.09. The Hall–Kier alpha value is -2.38. The molecule has 0 radical (unpaired) electrons. The number of ether oxygens (including phenoxy) is 1. The fourth-order valence-corrected chi connectivity index (χ4v) is 6.09. The number of hydrogen-bond donors (Lipinski definition) is 1. The normalized spacial score (nSPS) is 18.1. The Morgan fingerprint density at radius 3 is 2.45 bits per heavy atom. The number of hydrogen-bond acceptors (Lipinski definition) is 4. The first-order valence-corrected chi connectivity index (χ1v) is 13.1. The number of aryl methyl sites for hydroxylation is 4. The molecule has 1 N–H and O–H groups in total. The number of carbonyl (C=O) groups excluding carboxylic acids is 1. The van der Waals surface area contributed by atoms with Crippen molar-refractivity contribution >= 4 is 15.9 Å². The summed E-state index contributed by atoms with van der Waals surface area (Å²) in [6.07, 6.45) is 1.34. The van der Waals surface area contributed by atoms with Gasteiger partial charge in [-0.3, -0.25) is 4.79 Å². The molecule has 0 spiro atoms. The average molecular weight is 473 g/mol. The highest BCUT2D eigenvalue weighted by Crippen LogP contribution is 2.28. The van der Waals surface area contributed by atoms with Crippen molar-refractivity contribution in [3.63, 3.8) is 0 Å². The molecular weight excluding hydrogens is 436 g/mol. The van der Waals surface area contributed by atoms with E-state index in [1.807, 2.05) is 20.8 Å². The molecule has 2 aromatic carbocycles. The molecule has 33 heavy (non-hydrogen) atoms. The Morgan fingerprint density at radius 2 is 1.79 bits per heavy atom. The summed E-state index contributed by atoms with van der Waals surface area (Å²) >= 11 is 0. The molecule has 1 aliphatic heterocycles. The van der Waals surface area contributed by atoms with Crippen LogP contribution in [0.2, 0.25) is 0 Å². The maximum atomic E-state index is 13.3. The van der Waals surface area contributed by atoms with Crippen LogP contribution in [-0.4, -0.2) is 38.3 Å². The Bertz CT molecular complexity index is 1130. The molecule has 0 unspecified atom stereocenters. The number of amides is 1. The van der Waals surface area contributed by atoms with Crippen LogP contribution in [0.5, 0.6) is 5.75 Å². The monoisotopic (exact) mass is 472 g/mol. The first kappa shape index (κ1) is 25.2. The van der Waals surface area contributed by atoms with Gasteiger partial charge in [-0.1, -0.05) is 12.1 Å². The van der Waals surface area contributed by atoms with Gasteiger partial charge < -0.3 is 10.1 Å². The minimum Gasteiger partial charge on any atom is -0.494 e. The summed E-state index contributed by atoms with van der Waals surface area (Å²) in [5, 5.41) is 3.12. The zero-order chi connectivity index (χ0) is 24.3. The van der Waals surface area contributed by atoms with E-state index in [2.05, 4.69) is 38.2 Å². The molecule has 1 fully saturated rings. The van der Waals surface area contributed by atoms with Gasteiger partial charge >= 0.3 is 0 Å². The summed E-state index contributed by atoms with van der Waals surface area (Å²) in [5.74, 6) is 0.220. The Labute approximate surface area is 198 Å². The zero-order valence-electron chi connectivity index (χ0n) is 20.6. The van der Waals surface area contributed by atoms with E-state index < -0.39 is 10.0 Å². The minimum atomic E-state index is -3.68. The number of piperidine rings is 1. The molecule has 0 bridgehead atoms. The molecule has 1 heterocycles. The van der Waals surface area contributed by atoms with Crippen molar-refractivity contribution in [2.45, 2.75) is 65.3 Å². The molecule has 2 atom stereocenters. The van der Waals surface area contributed by atoms with Crippen molar-refractivity contribution in [1.82, 2.24) is 9.62 Å². The highest BCUT2D eigenvalue weighted by atomic mass is 32.2. The molecule has 1 saturated heterocycles. The fourth-order valence-electron chi connectivity index (χ4n) is 4.48. The van der Waals surface area contributed by atoms with Gasteiger partial charge in [0.25, 0.3) is 0 Å². The second-order valence-corrected chi connectivity index (χ2v) is 11.0. The largest absolute Gasteiger partial charge is 0.494 e. The summed E-state index contributed by atoms with van der Waals surface area (Å²) < 4.78 is 33.6. The maximum absolute atomic E-state index is 13.3. The van der Waals surface area contributed by atoms with Crippen molar-refractivity contribution < 1.29 is 17.9 Å². The fraction of sp³-hybridized carbons (Fsp3) is 0.500. The lowest BCUT2D eigenvalue weighted by molar-refractivity contribution is -0.126. The maximum Gasteiger partial charge on any atom is 0.243 e. The molecule has 180 valence electrons. The lowest BCUT2D eigenvalue weighted by atomic mass is 9.95. The number of nitrogens with zero attached hydrogens (tertiary/aromatic N) is 1. The Balaban J connectivity index is 1.72. The van der Waals surface area contributed by atoms with Gasteiger partial charge in [0.05, 0.1) is 23.5 Å². The van der Waals surface area contributed by atoms with Crippen LogP contribution in [0, 0.1) is 33.6 Å². The number of nitrogens with one attached hydrogen (secondary N) is 1. The molecular formula is C26H36N2O4S. The molecule has 7 heteroatoms. The molecule has 0 aliphatic carbocycles. The number of sulfonamides is 1. The second kappa shape index (κ2) is 10.3. The van der Waals surface area contributed by atoms with Gasteiger partial charge in [-0.05, 0) is 100 Å². The highest BCUT2D eigenvalue weighted by Gasteiger charge is 2.34. The third-order valence-corrected chi connectivity index (χ3v) is 8.41. The van der Waals surface area contributed by atoms with Crippen LogP contribution >= 0.6 is 0 Å². The molecule has 6 nitrogen and oxygen atoms in total. The minimum absolute atomic E-state index is 0.0945. The van der Waals surface area contributed by atoms with E-state index in [0.717, 1.165) is 16.7 Å². The average Bonchev–Trinajstić information content (AvgIpc) is 2.77. The van der Waals surface area contributed by atoms with Gasteiger partial charge in [0, 0.05) is 13.1 Å². The number of carbonyl (C=O) groups is 1. The van der Waals surface area contributed by atoms with E-state index in [-0.39, 0.29) is 29.3 Å². The van der Waals surface area contributed by atoms with Gasteiger partial charge in [-0.15, -0.1) is 0 Å². The van der Waals surface area contributed by atoms with E-state index in [1.165, 1.54) is 15.4 Å². The van der Waals surface area contributed by atoms with Crippen molar-refractivity contribution in [3.05, 3.63) is 58.1 Å².